The van der Waals surface area contributed by atoms with Crippen molar-refractivity contribution in [3.05, 3.63) is 54.4 Å². The minimum Gasteiger partial charge on any atom is -0.497 e. The molecule has 3 aromatic rings. The molecule has 7 heteroatoms. The predicted molar refractivity (Wildman–Crippen MR) is 87.6 cm³/mol. The van der Waals surface area contributed by atoms with E-state index in [1.807, 2.05) is 36.4 Å². The van der Waals surface area contributed by atoms with Gasteiger partial charge in [-0.2, -0.15) is 4.98 Å². The van der Waals surface area contributed by atoms with Gasteiger partial charge >= 0.3 is 0 Å². The number of benzene rings is 1. The molecule has 3 heterocycles. The number of fused-ring (bicyclic) bond motifs is 1. The highest BCUT2D eigenvalue weighted by molar-refractivity contribution is 5.91. The van der Waals surface area contributed by atoms with E-state index in [2.05, 4.69) is 20.4 Å². The molecule has 1 aromatic carbocycles. The Morgan fingerprint density at radius 2 is 1.92 bits per heavy atom. The van der Waals surface area contributed by atoms with Crippen molar-refractivity contribution in [3.63, 3.8) is 0 Å². The highest BCUT2D eigenvalue weighted by Gasteiger charge is 2.29. The lowest BCUT2D eigenvalue weighted by molar-refractivity contribution is -0.117. The van der Waals surface area contributed by atoms with Crippen molar-refractivity contribution >= 4 is 11.9 Å². The first-order valence-corrected chi connectivity index (χ1v) is 7.55. The molecule has 1 N–H and O–H groups in total. The lowest BCUT2D eigenvalue weighted by Gasteiger charge is -2.23. The maximum Gasteiger partial charge on any atom is 0.229 e. The Morgan fingerprint density at radius 3 is 2.62 bits per heavy atom. The molecule has 1 amide bonds. The molecule has 1 unspecified atom stereocenters. The van der Waals surface area contributed by atoms with Crippen molar-refractivity contribution < 1.29 is 9.53 Å². The van der Waals surface area contributed by atoms with Crippen LogP contribution in [0.3, 0.4) is 0 Å². The molecule has 1 atom stereocenters. The summed E-state index contributed by atoms with van der Waals surface area (Å²) in [6.45, 7) is 0. The van der Waals surface area contributed by atoms with E-state index in [0.717, 1.165) is 16.9 Å². The molecular weight excluding hydrogens is 306 g/mol. The molecule has 1 aliphatic heterocycles. The van der Waals surface area contributed by atoms with Crippen LogP contribution in [0.1, 0.15) is 18.0 Å². The molecule has 7 nitrogen and oxygen atoms in total. The van der Waals surface area contributed by atoms with Gasteiger partial charge in [0.25, 0.3) is 0 Å². The lowest BCUT2D eigenvalue weighted by atomic mass is 10.0. The van der Waals surface area contributed by atoms with Crippen molar-refractivity contribution in [1.82, 2.24) is 19.7 Å². The van der Waals surface area contributed by atoms with Crippen LogP contribution in [0, 0.1) is 0 Å². The topological polar surface area (TPSA) is 81.9 Å². The number of ether oxygens (including phenoxy) is 1. The monoisotopic (exact) mass is 321 g/mol. The fourth-order valence-corrected chi connectivity index (χ4v) is 2.77. The van der Waals surface area contributed by atoms with Crippen molar-refractivity contribution in [1.29, 1.82) is 0 Å². The number of amides is 1. The highest BCUT2D eigenvalue weighted by Crippen LogP contribution is 2.31. The van der Waals surface area contributed by atoms with E-state index in [4.69, 9.17) is 4.74 Å². The molecule has 0 saturated carbocycles. The van der Waals surface area contributed by atoms with Crippen LogP contribution in [0.4, 0.5) is 5.95 Å². The molecule has 0 aliphatic carbocycles. The largest absolute Gasteiger partial charge is 0.497 e. The van der Waals surface area contributed by atoms with E-state index in [-0.39, 0.29) is 11.9 Å². The Hall–Kier alpha value is -3.22. The second-order valence-corrected chi connectivity index (χ2v) is 5.48. The third-order valence-electron chi connectivity index (χ3n) is 4.00. The van der Waals surface area contributed by atoms with Crippen molar-refractivity contribution in [2.24, 2.45) is 0 Å². The molecule has 0 radical (unpaired) electrons. The van der Waals surface area contributed by atoms with Crippen LogP contribution in [0.5, 0.6) is 5.75 Å². The molecule has 24 heavy (non-hydrogen) atoms. The zero-order chi connectivity index (χ0) is 16.5. The van der Waals surface area contributed by atoms with E-state index in [0.29, 0.717) is 18.2 Å². The van der Waals surface area contributed by atoms with E-state index < -0.39 is 0 Å². The summed E-state index contributed by atoms with van der Waals surface area (Å²) >= 11 is 0. The Morgan fingerprint density at radius 1 is 1.17 bits per heavy atom. The van der Waals surface area contributed by atoms with E-state index in [9.17, 15) is 4.79 Å². The van der Waals surface area contributed by atoms with Crippen molar-refractivity contribution in [2.75, 3.05) is 12.4 Å². The first kappa shape index (κ1) is 14.4. The Balaban J connectivity index is 1.75. The maximum atomic E-state index is 12.1. The van der Waals surface area contributed by atoms with Crippen LogP contribution in [0.15, 0.2) is 48.8 Å². The summed E-state index contributed by atoms with van der Waals surface area (Å²) in [4.78, 5) is 20.5. The number of methoxy groups -OCH3 is 1. The quantitative estimate of drug-likeness (QED) is 0.800. The van der Waals surface area contributed by atoms with Gasteiger partial charge in [-0.15, -0.1) is 5.10 Å². The van der Waals surface area contributed by atoms with Crippen molar-refractivity contribution in [2.45, 2.75) is 12.5 Å². The van der Waals surface area contributed by atoms with Crippen LogP contribution >= 0.6 is 0 Å². The predicted octanol–water partition coefficient (Wildman–Crippen LogP) is 2.28. The molecule has 120 valence electrons. The number of carbonyl (C=O) groups excluding carboxylic acids is 1. The van der Waals surface area contributed by atoms with Gasteiger partial charge < -0.3 is 4.74 Å². The highest BCUT2D eigenvalue weighted by atomic mass is 16.5. The Kier molecular flexibility index (Phi) is 3.45. The summed E-state index contributed by atoms with van der Waals surface area (Å²) < 4.78 is 6.95. The summed E-state index contributed by atoms with van der Waals surface area (Å²) in [6, 6.07) is 11.1. The third-order valence-corrected chi connectivity index (χ3v) is 4.00. The number of carbonyl (C=O) groups is 1. The number of hydrogen-bond donors (Lipinski definition) is 1. The van der Waals surface area contributed by atoms with Crippen LogP contribution < -0.4 is 10.1 Å². The summed E-state index contributed by atoms with van der Waals surface area (Å²) in [7, 11) is 1.62. The number of hydrogen-bond acceptors (Lipinski definition) is 5. The van der Waals surface area contributed by atoms with Gasteiger partial charge in [0.2, 0.25) is 11.9 Å². The average Bonchev–Trinajstić information content (AvgIpc) is 3.06. The molecule has 0 saturated heterocycles. The number of anilines is 1. The van der Waals surface area contributed by atoms with E-state index >= 15 is 0 Å². The summed E-state index contributed by atoms with van der Waals surface area (Å²) in [6.07, 6.45) is 3.70. The fraction of sp³-hybridized carbons (Fsp3) is 0.176. The van der Waals surface area contributed by atoms with Gasteiger partial charge in [-0.1, -0.05) is 12.1 Å². The summed E-state index contributed by atoms with van der Waals surface area (Å²) in [5.41, 5.74) is 1.84. The van der Waals surface area contributed by atoms with Crippen LogP contribution in [-0.2, 0) is 4.79 Å². The second kappa shape index (κ2) is 5.77. The minimum atomic E-state index is -0.192. The van der Waals surface area contributed by atoms with Gasteiger partial charge in [0, 0.05) is 18.0 Å². The number of nitrogens with one attached hydrogen (secondary N) is 1. The molecule has 0 spiro atoms. The van der Waals surface area contributed by atoms with Gasteiger partial charge in [-0.25, -0.2) is 4.68 Å². The molecular formula is C17H15N5O2. The molecule has 4 rings (SSSR count). The fourth-order valence-electron chi connectivity index (χ4n) is 2.77. The third kappa shape index (κ3) is 2.50. The SMILES string of the molecule is COc1ccc(C2CC(=O)Nc3nc(-c4ccncc4)nn32)cc1. The van der Waals surface area contributed by atoms with E-state index in [1.54, 1.807) is 24.2 Å². The number of aromatic nitrogens is 4. The normalized spacial score (nSPS) is 16.4. The summed E-state index contributed by atoms with van der Waals surface area (Å²) in [5.74, 6) is 1.72. The number of rotatable bonds is 3. The number of nitrogens with zero attached hydrogens (tertiary/aromatic N) is 4. The van der Waals surface area contributed by atoms with Gasteiger partial charge in [-0.05, 0) is 29.8 Å². The molecule has 0 fully saturated rings. The Bertz CT molecular complexity index is 874. The zero-order valence-electron chi connectivity index (χ0n) is 13.0. The standard InChI is InChI=1S/C17H15N5O2/c1-24-13-4-2-11(3-5-13)14-10-15(23)19-17-20-16(21-22(14)17)12-6-8-18-9-7-12/h2-9,14H,10H2,1H3,(H,19,20,21,23). The van der Waals surface area contributed by atoms with Crippen LogP contribution in [0.2, 0.25) is 0 Å². The van der Waals surface area contributed by atoms with Crippen molar-refractivity contribution in [3.8, 4) is 17.1 Å². The van der Waals surface area contributed by atoms with Gasteiger partial charge in [0.15, 0.2) is 5.82 Å². The second-order valence-electron chi connectivity index (χ2n) is 5.48. The first-order chi connectivity index (χ1) is 11.7. The molecule has 0 bridgehead atoms. The minimum absolute atomic E-state index is 0.0722. The summed E-state index contributed by atoms with van der Waals surface area (Å²) in [5, 5.41) is 7.37. The van der Waals surface area contributed by atoms with Gasteiger partial charge in [-0.3, -0.25) is 15.1 Å². The first-order valence-electron chi connectivity index (χ1n) is 7.55. The average molecular weight is 321 g/mol. The lowest BCUT2D eigenvalue weighted by Crippen LogP contribution is -2.29. The van der Waals surface area contributed by atoms with Crippen LogP contribution in [0.25, 0.3) is 11.4 Å². The smallest absolute Gasteiger partial charge is 0.229 e. The molecule has 2 aromatic heterocycles. The Labute approximate surface area is 138 Å². The van der Waals surface area contributed by atoms with Crippen LogP contribution in [-0.4, -0.2) is 32.8 Å². The number of pyridine rings is 1. The molecule has 1 aliphatic rings. The zero-order valence-corrected chi connectivity index (χ0v) is 13.0. The van der Waals surface area contributed by atoms with Gasteiger partial charge in [0.1, 0.15) is 5.75 Å². The van der Waals surface area contributed by atoms with E-state index in [1.165, 1.54) is 0 Å². The van der Waals surface area contributed by atoms with Gasteiger partial charge in [0.05, 0.1) is 19.6 Å². The maximum absolute atomic E-state index is 12.1.